The SMILES string of the molecule is O=S(=O)(CCl)c1cccc(Br)c1. The molecule has 2 nitrogen and oxygen atoms in total. The molecule has 0 fully saturated rings. The van der Waals surface area contributed by atoms with Gasteiger partial charge in [-0.15, -0.1) is 11.6 Å². The first-order valence-corrected chi connectivity index (χ1v) is 6.08. The van der Waals surface area contributed by atoms with E-state index in [2.05, 4.69) is 15.9 Å². The van der Waals surface area contributed by atoms with Crippen LogP contribution in [0.15, 0.2) is 33.6 Å². The number of benzene rings is 1. The Morgan fingerprint density at radius 1 is 1.42 bits per heavy atom. The van der Waals surface area contributed by atoms with Gasteiger partial charge in [0.1, 0.15) is 5.21 Å². The first kappa shape index (κ1) is 10.0. The molecule has 5 heteroatoms. The molecule has 1 aromatic rings. The van der Waals surface area contributed by atoms with E-state index in [9.17, 15) is 8.42 Å². The van der Waals surface area contributed by atoms with Crippen molar-refractivity contribution < 1.29 is 8.42 Å². The van der Waals surface area contributed by atoms with E-state index in [1.165, 1.54) is 12.1 Å². The van der Waals surface area contributed by atoms with E-state index in [0.717, 1.165) is 4.47 Å². The predicted molar refractivity (Wildman–Crippen MR) is 52.0 cm³/mol. The smallest absolute Gasteiger partial charge is 0.192 e. The zero-order valence-electron chi connectivity index (χ0n) is 6.00. The summed E-state index contributed by atoms with van der Waals surface area (Å²) in [6.07, 6.45) is 0. The third-order valence-corrected chi connectivity index (χ3v) is 3.91. The van der Waals surface area contributed by atoms with Gasteiger partial charge in [0, 0.05) is 4.47 Å². The molecule has 0 aliphatic carbocycles. The van der Waals surface area contributed by atoms with Crippen molar-refractivity contribution in [3.8, 4) is 0 Å². The van der Waals surface area contributed by atoms with Crippen LogP contribution in [0.2, 0.25) is 0 Å². The topological polar surface area (TPSA) is 34.1 Å². The molecule has 1 rings (SSSR count). The molecule has 1 aromatic carbocycles. The summed E-state index contributed by atoms with van der Waals surface area (Å²) in [4.78, 5) is 0.242. The molecule has 0 spiro atoms. The van der Waals surface area contributed by atoms with Crippen molar-refractivity contribution in [2.75, 3.05) is 5.21 Å². The zero-order chi connectivity index (χ0) is 9.19. The molecule has 0 saturated heterocycles. The van der Waals surface area contributed by atoms with Crippen LogP contribution in [0.5, 0.6) is 0 Å². The summed E-state index contributed by atoms with van der Waals surface area (Å²) in [7, 11) is -3.29. The number of hydrogen-bond donors (Lipinski definition) is 0. The third-order valence-electron chi connectivity index (χ3n) is 1.30. The maximum atomic E-state index is 11.2. The number of rotatable bonds is 2. The van der Waals surface area contributed by atoms with Crippen LogP contribution in [0.4, 0.5) is 0 Å². The zero-order valence-corrected chi connectivity index (χ0v) is 9.16. The van der Waals surface area contributed by atoms with Crippen LogP contribution in [0, 0.1) is 0 Å². The molecule has 0 heterocycles. The number of sulfone groups is 1. The quantitative estimate of drug-likeness (QED) is 0.773. The van der Waals surface area contributed by atoms with Crippen LogP contribution >= 0.6 is 27.5 Å². The highest BCUT2D eigenvalue weighted by molar-refractivity contribution is 9.10. The summed E-state index contributed by atoms with van der Waals surface area (Å²) < 4.78 is 23.1. The minimum atomic E-state index is -3.29. The van der Waals surface area contributed by atoms with Crippen molar-refractivity contribution >= 4 is 37.4 Å². The third kappa shape index (κ3) is 2.21. The highest BCUT2D eigenvalue weighted by Gasteiger charge is 2.11. The average Bonchev–Trinajstić information content (AvgIpc) is 2.05. The molecule has 0 N–H and O–H groups in total. The van der Waals surface area contributed by atoms with Crippen LogP contribution in [0.25, 0.3) is 0 Å². The Labute approximate surface area is 84.6 Å². The molecule has 66 valence electrons. The van der Waals surface area contributed by atoms with Gasteiger partial charge in [-0.25, -0.2) is 8.42 Å². The van der Waals surface area contributed by atoms with Crippen molar-refractivity contribution in [1.82, 2.24) is 0 Å². The molecule has 0 aliphatic rings. The van der Waals surface area contributed by atoms with E-state index in [4.69, 9.17) is 11.6 Å². The van der Waals surface area contributed by atoms with Crippen molar-refractivity contribution in [1.29, 1.82) is 0 Å². The molecule has 0 bridgehead atoms. The monoisotopic (exact) mass is 268 g/mol. The average molecular weight is 270 g/mol. The van der Waals surface area contributed by atoms with E-state index in [1.54, 1.807) is 12.1 Å². The Kier molecular flexibility index (Phi) is 3.15. The van der Waals surface area contributed by atoms with Gasteiger partial charge in [0.15, 0.2) is 9.84 Å². The van der Waals surface area contributed by atoms with Crippen molar-refractivity contribution in [3.63, 3.8) is 0 Å². The second-order valence-corrected chi connectivity index (χ2v) is 5.67. The molecule has 0 atom stereocenters. The van der Waals surface area contributed by atoms with Gasteiger partial charge >= 0.3 is 0 Å². The van der Waals surface area contributed by atoms with Gasteiger partial charge in [0.2, 0.25) is 0 Å². The predicted octanol–water partition coefficient (Wildman–Crippen LogP) is 2.42. The fourth-order valence-electron chi connectivity index (χ4n) is 0.723. The fraction of sp³-hybridized carbons (Fsp3) is 0.143. The van der Waals surface area contributed by atoms with Gasteiger partial charge in [0.25, 0.3) is 0 Å². The van der Waals surface area contributed by atoms with Crippen molar-refractivity contribution in [3.05, 3.63) is 28.7 Å². The first-order chi connectivity index (χ1) is 5.56. The summed E-state index contributed by atoms with van der Waals surface area (Å²) in [5.74, 6) is 0. The lowest BCUT2D eigenvalue weighted by Gasteiger charge is -1.99. The molecule has 0 saturated carbocycles. The Morgan fingerprint density at radius 3 is 2.58 bits per heavy atom. The lowest BCUT2D eigenvalue weighted by Crippen LogP contribution is -2.01. The molecule has 0 radical (unpaired) electrons. The number of halogens is 2. The summed E-state index contributed by atoms with van der Waals surface area (Å²) >= 11 is 8.45. The number of hydrogen-bond acceptors (Lipinski definition) is 2. The second-order valence-electron chi connectivity index (χ2n) is 2.18. The van der Waals surface area contributed by atoms with Gasteiger partial charge in [-0.05, 0) is 18.2 Å². The molecular formula is C7H6BrClO2S. The molecular weight excluding hydrogens is 263 g/mol. The Hall–Kier alpha value is -0.0600. The Bertz CT molecular complexity index is 375. The first-order valence-electron chi connectivity index (χ1n) is 3.10. The Balaban J connectivity index is 3.21. The van der Waals surface area contributed by atoms with E-state index in [1.807, 2.05) is 0 Å². The van der Waals surface area contributed by atoms with Gasteiger partial charge < -0.3 is 0 Å². The van der Waals surface area contributed by atoms with Gasteiger partial charge in [0.05, 0.1) is 4.90 Å². The normalized spacial score (nSPS) is 11.5. The lowest BCUT2D eigenvalue weighted by atomic mass is 10.4. The van der Waals surface area contributed by atoms with Crippen molar-refractivity contribution in [2.24, 2.45) is 0 Å². The van der Waals surface area contributed by atoms with E-state index in [-0.39, 0.29) is 10.1 Å². The second kappa shape index (κ2) is 3.77. The maximum absolute atomic E-state index is 11.2. The highest BCUT2D eigenvalue weighted by Crippen LogP contribution is 2.17. The van der Waals surface area contributed by atoms with Crippen LogP contribution < -0.4 is 0 Å². The van der Waals surface area contributed by atoms with Crippen LogP contribution in [0.1, 0.15) is 0 Å². The number of alkyl halides is 1. The fourth-order valence-corrected chi connectivity index (χ4v) is 2.37. The summed E-state index contributed by atoms with van der Waals surface area (Å²) in [6, 6.07) is 6.46. The maximum Gasteiger partial charge on any atom is 0.192 e. The van der Waals surface area contributed by atoms with E-state index in [0.29, 0.717) is 0 Å². The van der Waals surface area contributed by atoms with Gasteiger partial charge in [-0.1, -0.05) is 22.0 Å². The summed E-state index contributed by atoms with van der Waals surface area (Å²) in [5.41, 5.74) is 0. The van der Waals surface area contributed by atoms with E-state index < -0.39 is 9.84 Å². The minimum Gasteiger partial charge on any atom is -0.222 e. The molecule has 0 aromatic heterocycles. The summed E-state index contributed by atoms with van der Waals surface area (Å²) in [5, 5.41) is -0.385. The van der Waals surface area contributed by atoms with Gasteiger partial charge in [-0.3, -0.25) is 0 Å². The lowest BCUT2D eigenvalue weighted by molar-refractivity contribution is 0.600. The summed E-state index contributed by atoms with van der Waals surface area (Å²) in [6.45, 7) is 0. The highest BCUT2D eigenvalue weighted by atomic mass is 79.9. The van der Waals surface area contributed by atoms with E-state index >= 15 is 0 Å². The largest absolute Gasteiger partial charge is 0.222 e. The molecule has 12 heavy (non-hydrogen) atoms. The van der Waals surface area contributed by atoms with Crippen LogP contribution in [-0.4, -0.2) is 13.6 Å². The van der Waals surface area contributed by atoms with Gasteiger partial charge in [-0.2, -0.15) is 0 Å². The molecule has 0 unspecified atom stereocenters. The minimum absolute atomic E-state index is 0.242. The Morgan fingerprint density at radius 2 is 2.08 bits per heavy atom. The van der Waals surface area contributed by atoms with Crippen LogP contribution in [-0.2, 0) is 9.84 Å². The van der Waals surface area contributed by atoms with Crippen molar-refractivity contribution in [2.45, 2.75) is 4.90 Å². The standard InChI is InChI=1S/C7H6BrClO2S/c8-6-2-1-3-7(4-6)12(10,11)5-9/h1-4H,5H2. The molecule has 0 amide bonds. The van der Waals surface area contributed by atoms with Crippen LogP contribution in [0.3, 0.4) is 0 Å². The molecule has 0 aliphatic heterocycles.